The van der Waals surface area contributed by atoms with Gasteiger partial charge in [-0.15, -0.1) is 0 Å². The summed E-state index contributed by atoms with van der Waals surface area (Å²) in [6.45, 7) is 5.82. The Hall–Kier alpha value is -2.96. The van der Waals surface area contributed by atoms with E-state index in [0.29, 0.717) is 29.7 Å². The molecule has 1 aliphatic heterocycles. The zero-order valence-electron chi connectivity index (χ0n) is 16.5. The van der Waals surface area contributed by atoms with Crippen molar-refractivity contribution in [3.63, 3.8) is 0 Å². The molecule has 3 N–H and O–H groups in total. The van der Waals surface area contributed by atoms with Crippen LogP contribution in [0.2, 0.25) is 0 Å². The van der Waals surface area contributed by atoms with E-state index in [4.69, 9.17) is 19.9 Å². The zero-order valence-corrected chi connectivity index (χ0v) is 16.5. The van der Waals surface area contributed by atoms with Crippen molar-refractivity contribution >= 4 is 11.8 Å². The van der Waals surface area contributed by atoms with Gasteiger partial charge in [-0.2, -0.15) is 0 Å². The maximum absolute atomic E-state index is 13.0. The minimum absolute atomic E-state index is 0.0433. The van der Waals surface area contributed by atoms with Gasteiger partial charge in [0, 0.05) is 18.4 Å². The average Bonchev–Trinajstić information content (AvgIpc) is 2.60. The normalized spacial score (nSPS) is 21.1. The van der Waals surface area contributed by atoms with E-state index in [9.17, 15) is 14.7 Å². The molecule has 1 aromatic rings. The number of carbonyl (C=O) groups is 2. The Kier molecular flexibility index (Phi) is 5.10. The summed E-state index contributed by atoms with van der Waals surface area (Å²) in [4.78, 5) is 25.7. The number of phenols is 1. The summed E-state index contributed by atoms with van der Waals surface area (Å²) in [5.41, 5.74) is 6.92. The molecule has 1 heterocycles. The summed E-state index contributed by atoms with van der Waals surface area (Å²) in [6, 6.07) is 4.69. The Morgan fingerprint density at radius 1 is 1.36 bits per heavy atom. The fourth-order valence-electron chi connectivity index (χ4n) is 3.80. The van der Waals surface area contributed by atoms with E-state index in [0.717, 1.165) is 0 Å². The molecule has 0 fully saturated rings. The molecular formula is C21H25NO6. The molecule has 0 spiro atoms. The van der Waals surface area contributed by atoms with Crippen molar-refractivity contribution in [2.75, 3.05) is 13.7 Å². The van der Waals surface area contributed by atoms with Gasteiger partial charge in [-0.05, 0) is 30.0 Å². The van der Waals surface area contributed by atoms with Gasteiger partial charge in [-0.1, -0.05) is 19.9 Å². The molecule has 7 nitrogen and oxygen atoms in total. The first-order valence-corrected chi connectivity index (χ1v) is 9.16. The van der Waals surface area contributed by atoms with Crippen LogP contribution in [0.3, 0.4) is 0 Å². The molecule has 0 bridgehead atoms. The van der Waals surface area contributed by atoms with Gasteiger partial charge < -0.3 is 25.1 Å². The predicted octanol–water partition coefficient (Wildman–Crippen LogP) is 2.89. The van der Waals surface area contributed by atoms with Crippen LogP contribution in [0.1, 0.15) is 45.1 Å². The molecule has 0 amide bonds. The van der Waals surface area contributed by atoms with Gasteiger partial charge >= 0.3 is 5.97 Å². The maximum atomic E-state index is 13.0. The number of esters is 1. The van der Waals surface area contributed by atoms with E-state index in [2.05, 4.69) is 0 Å². The fraction of sp³-hybridized carbons (Fsp3) is 0.429. The van der Waals surface area contributed by atoms with E-state index in [1.165, 1.54) is 13.2 Å². The van der Waals surface area contributed by atoms with Crippen LogP contribution < -0.4 is 10.5 Å². The molecule has 1 atom stereocenters. The van der Waals surface area contributed by atoms with Crippen molar-refractivity contribution in [3.8, 4) is 11.5 Å². The number of ether oxygens (including phenoxy) is 3. The van der Waals surface area contributed by atoms with E-state index in [1.807, 2.05) is 13.8 Å². The van der Waals surface area contributed by atoms with Crippen LogP contribution in [-0.4, -0.2) is 30.6 Å². The summed E-state index contributed by atoms with van der Waals surface area (Å²) in [5, 5.41) is 9.94. The van der Waals surface area contributed by atoms with Crippen molar-refractivity contribution < 1.29 is 28.9 Å². The number of benzene rings is 1. The average molecular weight is 387 g/mol. The van der Waals surface area contributed by atoms with Gasteiger partial charge in [0.25, 0.3) is 0 Å². The third-order valence-electron chi connectivity index (χ3n) is 4.99. The smallest absolute Gasteiger partial charge is 0.340 e. The van der Waals surface area contributed by atoms with Crippen LogP contribution in [0.5, 0.6) is 11.5 Å². The molecule has 150 valence electrons. The zero-order chi connectivity index (χ0) is 20.6. The van der Waals surface area contributed by atoms with Gasteiger partial charge in [0.15, 0.2) is 17.3 Å². The number of allylic oxidation sites excluding steroid dienone is 2. The number of methoxy groups -OCH3 is 1. The van der Waals surface area contributed by atoms with Crippen molar-refractivity contribution in [2.45, 2.75) is 39.5 Å². The topological polar surface area (TPSA) is 108 Å². The highest BCUT2D eigenvalue weighted by atomic mass is 16.5. The third kappa shape index (κ3) is 3.44. The number of carbonyl (C=O) groups excluding carboxylic acids is 2. The van der Waals surface area contributed by atoms with Crippen LogP contribution in [0, 0.1) is 5.41 Å². The van der Waals surface area contributed by atoms with Crippen LogP contribution in [0.25, 0.3) is 0 Å². The molecule has 7 heteroatoms. The van der Waals surface area contributed by atoms with Gasteiger partial charge in [0.1, 0.15) is 11.3 Å². The lowest BCUT2D eigenvalue weighted by Gasteiger charge is -2.38. The SMILES string of the molecule is CCOC(=O)C1=C(N)OC2=C(C(=O)CC(C)(C)C2)[C@@H]1c1ccc(O)c(OC)c1. The highest BCUT2D eigenvalue weighted by Crippen LogP contribution is 2.49. The molecule has 2 aliphatic rings. The Morgan fingerprint density at radius 2 is 2.07 bits per heavy atom. The van der Waals surface area contributed by atoms with Gasteiger partial charge in [-0.25, -0.2) is 4.79 Å². The Balaban J connectivity index is 2.21. The van der Waals surface area contributed by atoms with E-state index < -0.39 is 11.9 Å². The minimum Gasteiger partial charge on any atom is -0.504 e. The number of Topliss-reactive ketones (excluding diaryl/α,β-unsaturated/α-hetero) is 1. The molecule has 0 radical (unpaired) electrons. The molecule has 0 unspecified atom stereocenters. The first-order chi connectivity index (χ1) is 13.2. The van der Waals surface area contributed by atoms with Crippen molar-refractivity contribution in [2.24, 2.45) is 11.1 Å². The van der Waals surface area contributed by atoms with E-state index in [1.54, 1.807) is 19.1 Å². The predicted molar refractivity (Wildman–Crippen MR) is 101 cm³/mol. The van der Waals surface area contributed by atoms with Gasteiger partial charge in [0.05, 0.1) is 19.6 Å². The molecule has 0 saturated heterocycles. The number of nitrogens with two attached hydrogens (primary N) is 1. The quantitative estimate of drug-likeness (QED) is 0.765. The number of hydrogen-bond acceptors (Lipinski definition) is 7. The third-order valence-corrected chi connectivity index (χ3v) is 4.99. The molecule has 3 rings (SSSR count). The van der Waals surface area contributed by atoms with Crippen molar-refractivity contribution in [1.82, 2.24) is 0 Å². The Bertz CT molecular complexity index is 896. The molecule has 1 aromatic carbocycles. The first-order valence-electron chi connectivity index (χ1n) is 9.16. The van der Waals surface area contributed by atoms with Gasteiger partial charge in [0.2, 0.25) is 5.88 Å². The second kappa shape index (κ2) is 7.22. The monoisotopic (exact) mass is 387 g/mol. The van der Waals surface area contributed by atoms with Crippen LogP contribution in [-0.2, 0) is 19.1 Å². The first kappa shape index (κ1) is 19.8. The summed E-state index contributed by atoms with van der Waals surface area (Å²) >= 11 is 0. The number of aromatic hydroxyl groups is 1. The summed E-state index contributed by atoms with van der Waals surface area (Å²) in [6.07, 6.45) is 0.855. The van der Waals surface area contributed by atoms with E-state index in [-0.39, 0.29) is 40.8 Å². The summed E-state index contributed by atoms with van der Waals surface area (Å²) in [7, 11) is 1.43. The second-order valence-electron chi connectivity index (χ2n) is 7.74. The minimum atomic E-state index is -0.749. The lowest BCUT2D eigenvalue weighted by molar-refractivity contribution is -0.139. The largest absolute Gasteiger partial charge is 0.504 e. The Morgan fingerprint density at radius 3 is 2.71 bits per heavy atom. The molecule has 0 aromatic heterocycles. The van der Waals surface area contributed by atoms with Crippen molar-refractivity contribution in [1.29, 1.82) is 0 Å². The van der Waals surface area contributed by atoms with Crippen LogP contribution in [0.15, 0.2) is 41.0 Å². The highest BCUT2D eigenvalue weighted by Gasteiger charge is 2.45. The Labute approximate surface area is 163 Å². The number of phenolic OH excluding ortho intramolecular Hbond substituents is 1. The lowest BCUT2D eigenvalue weighted by atomic mass is 9.70. The molecule has 0 saturated carbocycles. The molecular weight excluding hydrogens is 362 g/mol. The molecule has 1 aliphatic carbocycles. The number of rotatable bonds is 4. The maximum Gasteiger partial charge on any atom is 0.340 e. The summed E-state index contributed by atoms with van der Waals surface area (Å²) in [5.74, 6) is -0.891. The van der Waals surface area contributed by atoms with Crippen molar-refractivity contribution in [3.05, 3.63) is 46.6 Å². The van der Waals surface area contributed by atoms with Gasteiger partial charge in [-0.3, -0.25) is 4.79 Å². The number of ketones is 1. The fourth-order valence-corrected chi connectivity index (χ4v) is 3.80. The molecule has 28 heavy (non-hydrogen) atoms. The lowest BCUT2D eigenvalue weighted by Crippen LogP contribution is -2.35. The second-order valence-corrected chi connectivity index (χ2v) is 7.74. The van der Waals surface area contributed by atoms with E-state index >= 15 is 0 Å². The van der Waals surface area contributed by atoms with Crippen LogP contribution >= 0.6 is 0 Å². The summed E-state index contributed by atoms with van der Waals surface area (Å²) < 4.78 is 16.1. The number of hydrogen-bond donors (Lipinski definition) is 2. The van der Waals surface area contributed by atoms with Crippen LogP contribution in [0.4, 0.5) is 0 Å². The highest BCUT2D eigenvalue weighted by molar-refractivity contribution is 6.03. The standard InChI is InChI=1S/C21H25NO6/c1-5-27-20(25)18-16(11-6-7-12(23)14(8-11)26-4)17-13(24)9-21(2,3)10-15(17)28-19(18)22/h6-8,16,23H,5,9-10,22H2,1-4H3/t16-/m0/s1.